The molecule has 1 aliphatic heterocycles. The summed E-state index contributed by atoms with van der Waals surface area (Å²) in [7, 11) is 0. The van der Waals surface area contributed by atoms with Crippen molar-refractivity contribution >= 4 is 17.4 Å². The lowest BCUT2D eigenvalue weighted by Crippen LogP contribution is -2.31. The molecular formula is C29H37NO5. The van der Waals surface area contributed by atoms with Crippen LogP contribution in [0.2, 0.25) is 0 Å². The first-order valence-corrected chi connectivity index (χ1v) is 12.3. The Morgan fingerprint density at radius 2 is 1.77 bits per heavy atom. The number of aliphatic hydroxyl groups excluding tert-OH is 1. The molecule has 1 amide bonds. The second kappa shape index (κ2) is 11.1. The molecule has 2 aromatic rings. The average Bonchev–Trinajstić information content (AvgIpc) is 3.06. The highest BCUT2D eigenvalue weighted by atomic mass is 16.5. The first-order chi connectivity index (χ1) is 16.5. The number of hydrogen-bond donors (Lipinski definition) is 1. The summed E-state index contributed by atoms with van der Waals surface area (Å²) in [5.74, 6) is -0.903. The summed E-state index contributed by atoms with van der Waals surface area (Å²) >= 11 is 0. The molecule has 188 valence electrons. The van der Waals surface area contributed by atoms with Crippen molar-refractivity contribution in [2.45, 2.75) is 65.5 Å². The van der Waals surface area contributed by atoms with Crippen LogP contribution in [0.25, 0.3) is 5.76 Å². The summed E-state index contributed by atoms with van der Waals surface area (Å²) in [5, 5.41) is 11.3. The Hall–Kier alpha value is -3.12. The smallest absolute Gasteiger partial charge is 0.295 e. The first kappa shape index (κ1) is 26.5. The number of Topliss-reactive ketones (excluding diaryl/α,β-unsaturated/α-hetero) is 1. The van der Waals surface area contributed by atoms with Crippen LogP contribution in [0, 0.1) is 0 Å². The monoisotopic (exact) mass is 479 g/mol. The molecule has 2 aromatic carbocycles. The summed E-state index contributed by atoms with van der Waals surface area (Å²) in [5.41, 5.74) is 2.43. The molecule has 1 N–H and O–H groups in total. The molecule has 3 rings (SSSR count). The Morgan fingerprint density at radius 3 is 2.37 bits per heavy atom. The van der Waals surface area contributed by atoms with Gasteiger partial charge in [-0.25, -0.2) is 0 Å². The van der Waals surface area contributed by atoms with Crippen molar-refractivity contribution in [2.75, 3.05) is 19.8 Å². The molecule has 6 heteroatoms. The predicted molar refractivity (Wildman–Crippen MR) is 137 cm³/mol. The third kappa shape index (κ3) is 6.12. The third-order valence-corrected chi connectivity index (χ3v) is 6.05. The minimum atomic E-state index is -0.682. The van der Waals surface area contributed by atoms with Gasteiger partial charge in [-0.3, -0.25) is 9.59 Å². The van der Waals surface area contributed by atoms with E-state index in [1.54, 1.807) is 29.2 Å². The number of hydrogen-bond acceptors (Lipinski definition) is 5. The standard InChI is InChI=1S/C29H37NO5/c1-7-34-23-11-8-10-21(18-23)26(31)24-25(20-12-14-22(15-13-20)29(4,5)6)30(28(33)27(24)32)16-9-17-35-19(2)3/h8,10-15,18-19,25,31H,7,9,16-17H2,1-6H3/b26-24-. The van der Waals surface area contributed by atoms with E-state index in [2.05, 4.69) is 20.8 Å². The minimum Gasteiger partial charge on any atom is -0.507 e. The summed E-state index contributed by atoms with van der Waals surface area (Å²) in [6.07, 6.45) is 0.672. The molecule has 0 aliphatic carbocycles. The number of likely N-dealkylation sites (tertiary alicyclic amines) is 1. The molecule has 0 radical (unpaired) electrons. The highest BCUT2D eigenvalue weighted by Crippen LogP contribution is 2.40. The molecule has 1 atom stereocenters. The van der Waals surface area contributed by atoms with Crippen molar-refractivity contribution in [1.29, 1.82) is 0 Å². The summed E-state index contributed by atoms with van der Waals surface area (Å²) in [6, 6.07) is 14.2. The van der Waals surface area contributed by atoms with E-state index in [1.807, 2.05) is 45.0 Å². The normalized spacial score (nSPS) is 17.9. The lowest BCUT2D eigenvalue weighted by atomic mass is 9.85. The van der Waals surface area contributed by atoms with Gasteiger partial charge in [0.05, 0.1) is 24.3 Å². The van der Waals surface area contributed by atoms with E-state index < -0.39 is 17.7 Å². The van der Waals surface area contributed by atoms with Crippen molar-refractivity contribution < 1.29 is 24.2 Å². The Bertz CT molecular complexity index is 1080. The summed E-state index contributed by atoms with van der Waals surface area (Å²) < 4.78 is 11.2. The maximum absolute atomic E-state index is 13.2. The number of amides is 1. The van der Waals surface area contributed by atoms with E-state index in [-0.39, 0.29) is 22.9 Å². The van der Waals surface area contributed by atoms with Gasteiger partial charge in [0.1, 0.15) is 11.5 Å². The van der Waals surface area contributed by atoms with Crippen molar-refractivity contribution in [2.24, 2.45) is 0 Å². The van der Waals surface area contributed by atoms with Crippen molar-refractivity contribution in [3.63, 3.8) is 0 Å². The highest BCUT2D eigenvalue weighted by molar-refractivity contribution is 6.46. The third-order valence-electron chi connectivity index (χ3n) is 6.05. The number of carbonyl (C=O) groups excluding carboxylic acids is 2. The van der Waals surface area contributed by atoms with E-state index in [0.717, 1.165) is 11.1 Å². The van der Waals surface area contributed by atoms with Crippen molar-refractivity contribution in [1.82, 2.24) is 4.90 Å². The van der Waals surface area contributed by atoms with Crippen LogP contribution in [-0.4, -0.2) is 47.6 Å². The number of benzene rings is 2. The SMILES string of the molecule is CCOc1cccc(/C(O)=C2/C(=O)C(=O)N(CCCOC(C)C)C2c2ccc(C(C)(C)C)cc2)c1. The van der Waals surface area contributed by atoms with Gasteiger partial charge in [-0.2, -0.15) is 0 Å². The van der Waals surface area contributed by atoms with Crippen LogP contribution in [0.4, 0.5) is 0 Å². The fourth-order valence-electron chi connectivity index (χ4n) is 4.23. The number of rotatable bonds is 9. The molecule has 1 fully saturated rings. The number of ketones is 1. The molecular weight excluding hydrogens is 442 g/mol. The molecule has 0 spiro atoms. The van der Waals surface area contributed by atoms with Crippen LogP contribution in [0.15, 0.2) is 54.1 Å². The van der Waals surface area contributed by atoms with Crippen molar-refractivity contribution in [3.05, 3.63) is 70.8 Å². The van der Waals surface area contributed by atoms with Crippen LogP contribution in [0.5, 0.6) is 5.75 Å². The number of aliphatic hydroxyl groups is 1. The van der Waals surface area contributed by atoms with Gasteiger partial charge in [-0.15, -0.1) is 0 Å². The summed E-state index contributed by atoms with van der Waals surface area (Å²) in [6.45, 7) is 13.5. The summed E-state index contributed by atoms with van der Waals surface area (Å²) in [4.78, 5) is 27.9. The van der Waals surface area contributed by atoms with Gasteiger partial charge in [-0.05, 0) is 55.9 Å². The lowest BCUT2D eigenvalue weighted by molar-refractivity contribution is -0.140. The van der Waals surface area contributed by atoms with E-state index in [4.69, 9.17) is 9.47 Å². The zero-order valence-electron chi connectivity index (χ0n) is 21.6. The van der Waals surface area contributed by atoms with Gasteiger partial charge in [0.15, 0.2) is 0 Å². The average molecular weight is 480 g/mol. The minimum absolute atomic E-state index is 0.0335. The molecule has 0 aromatic heterocycles. The van der Waals surface area contributed by atoms with Gasteiger partial charge in [0, 0.05) is 18.7 Å². The van der Waals surface area contributed by atoms with Gasteiger partial charge >= 0.3 is 0 Å². The molecule has 0 saturated carbocycles. The second-order valence-electron chi connectivity index (χ2n) is 10.1. The van der Waals surface area contributed by atoms with Crippen molar-refractivity contribution in [3.8, 4) is 5.75 Å². The first-order valence-electron chi connectivity index (χ1n) is 12.3. The largest absolute Gasteiger partial charge is 0.507 e. The molecule has 1 saturated heterocycles. The van der Waals surface area contributed by atoms with E-state index >= 15 is 0 Å². The molecule has 35 heavy (non-hydrogen) atoms. The maximum atomic E-state index is 13.2. The maximum Gasteiger partial charge on any atom is 0.295 e. The topological polar surface area (TPSA) is 76.1 Å². The van der Waals surface area contributed by atoms with Crippen LogP contribution in [0.3, 0.4) is 0 Å². The van der Waals surface area contributed by atoms with Crippen LogP contribution >= 0.6 is 0 Å². The predicted octanol–water partition coefficient (Wildman–Crippen LogP) is 5.62. The van der Waals surface area contributed by atoms with E-state index in [1.165, 1.54) is 0 Å². The Balaban J connectivity index is 2.06. The van der Waals surface area contributed by atoms with Gasteiger partial charge in [0.25, 0.3) is 11.7 Å². The highest BCUT2D eigenvalue weighted by Gasteiger charge is 2.45. The van der Waals surface area contributed by atoms with Gasteiger partial charge in [0.2, 0.25) is 0 Å². The zero-order valence-corrected chi connectivity index (χ0v) is 21.6. The Labute approximate surface area is 208 Å². The van der Waals surface area contributed by atoms with Crippen LogP contribution in [0.1, 0.15) is 70.7 Å². The second-order valence-corrected chi connectivity index (χ2v) is 10.1. The molecule has 6 nitrogen and oxygen atoms in total. The number of nitrogens with zero attached hydrogens (tertiary/aromatic N) is 1. The number of carbonyl (C=O) groups is 2. The van der Waals surface area contributed by atoms with E-state index in [9.17, 15) is 14.7 Å². The molecule has 0 bridgehead atoms. The van der Waals surface area contributed by atoms with Gasteiger partial charge in [-0.1, -0.05) is 57.2 Å². The Morgan fingerprint density at radius 1 is 1.09 bits per heavy atom. The fourth-order valence-corrected chi connectivity index (χ4v) is 4.23. The zero-order chi connectivity index (χ0) is 25.8. The van der Waals surface area contributed by atoms with E-state index in [0.29, 0.717) is 37.5 Å². The lowest BCUT2D eigenvalue weighted by Gasteiger charge is -2.26. The van der Waals surface area contributed by atoms with Crippen LogP contribution in [-0.2, 0) is 19.7 Å². The fraction of sp³-hybridized carbons (Fsp3) is 0.448. The Kier molecular flexibility index (Phi) is 8.39. The molecule has 1 heterocycles. The molecule has 1 aliphatic rings. The van der Waals surface area contributed by atoms with Gasteiger partial charge < -0.3 is 19.5 Å². The number of ether oxygens (including phenoxy) is 2. The quantitative estimate of drug-likeness (QED) is 0.219. The van der Waals surface area contributed by atoms with Crippen LogP contribution < -0.4 is 4.74 Å². The molecule has 1 unspecified atom stereocenters.